The van der Waals surface area contributed by atoms with Gasteiger partial charge in [0.2, 0.25) is 5.79 Å². The van der Waals surface area contributed by atoms with Crippen molar-refractivity contribution in [2.24, 2.45) is 0 Å². The number of aryl methyl sites for hydroxylation is 2. The number of hydrogen-bond donors (Lipinski definition) is 2. The van der Waals surface area contributed by atoms with Gasteiger partial charge in [0.15, 0.2) is 0 Å². The molecule has 0 amide bonds. The van der Waals surface area contributed by atoms with E-state index < -0.39 is 5.79 Å². The molecule has 0 bridgehead atoms. The molecule has 12 heteroatoms. The molecule has 0 spiro atoms. The van der Waals surface area contributed by atoms with Crippen LogP contribution in [0.4, 0.5) is 11.4 Å². The Balaban J connectivity index is 0.000000205. The summed E-state index contributed by atoms with van der Waals surface area (Å²) in [6, 6.07) is 38.2. The molecule has 3 heterocycles. The van der Waals surface area contributed by atoms with Crippen LogP contribution in [-0.2, 0) is 44.1 Å². The summed E-state index contributed by atoms with van der Waals surface area (Å²) in [6.45, 7) is 9.77. The molecular formula is C49H44N8O4. The predicted octanol–water partition coefficient (Wildman–Crippen LogP) is 8.52. The minimum absolute atomic E-state index is 0.00292. The molecule has 0 fully saturated rings. The molecule has 0 radical (unpaired) electrons. The third-order valence-corrected chi connectivity index (χ3v) is 10.3. The summed E-state index contributed by atoms with van der Waals surface area (Å²) < 4.78 is 12.0. The van der Waals surface area contributed by atoms with E-state index in [2.05, 4.69) is 44.0 Å². The van der Waals surface area contributed by atoms with Gasteiger partial charge in [-0.15, -0.1) is 0 Å². The van der Waals surface area contributed by atoms with Crippen LogP contribution in [0, 0.1) is 59.2 Å². The van der Waals surface area contributed by atoms with Gasteiger partial charge in [0, 0.05) is 74.9 Å². The quantitative estimate of drug-likeness (QED) is 0.127. The average Bonchev–Trinajstić information content (AvgIpc) is 3.28. The number of anilines is 2. The predicted molar refractivity (Wildman–Crippen MR) is 229 cm³/mol. The third kappa shape index (κ3) is 10.7. The number of aliphatic hydroxyl groups is 1. The Morgan fingerprint density at radius 2 is 1.02 bits per heavy atom. The number of aromatic hydroxyl groups is 1. The molecule has 12 nitrogen and oxygen atoms in total. The summed E-state index contributed by atoms with van der Waals surface area (Å²) in [4.78, 5) is 13.1. The lowest BCUT2D eigenvalue weighted by Crippen LogP contribution is -2.36. The van der Waals surface area contributed by atoms with E-state index in [1.165, 1.54) is 0 Å². The number of hydrogen-bond acceptors (Lipinski definition) is 12. The van der Waals surface area contributed by atoms with Crippen LogP contribution in [0.15, 0.2) is 109 Å². The minimum Gasteiger partial charge on any atom is -0.506 e. The molecule has 4 aromatic carbocycles. The van der Waals surface area contributed by atoms with Crippen molar-refractivity contribution in [1.82, 2.24) is 9.97 Å². The van der Waals surface area contributed by atoms with Gasteiger partial charge in [-0.1, -0.05) is 24.3 Å². The highest BCUT2D eigenvalue weighted by molar-refractivity contribution is 5.54. The van der Waals surface area contributed by atoms with Crippen LogP contribution >= 0.6 is 0 Å². The van der Waals surface area contributed by atoms with E-state index in [0.29, 0.717) is 71.9 Å². The van der Waals surface area contributed by atoms with E-state index in [1.54, 1.807) is 37.4 Å². The summed E-state index contributed by atoms with van der Waals surface area (Å²) >= 11 is 0. The number of nitriles is 4. The van der Waals surface area contributed by atoms with Gasteiger partial charge < -0.3 is 29.5 Å². The molecule has 0 atom stereocenters. The zero-order chi connectivity index (χ0) is 43.5. The maximum absolute atomic E-state index is 10.3. The van der Waals surface area contributed by atoms with Crippen molar-refractivity contribution < 1.29 is 19.7 Å². The normalized spacial score (nSPS) is 12.1. The fourth-order valence-electron chi connectivity index (χ4n) is 6.82. The smallest absolute Gasteiger partial charge is 0.205 e. The summed E-state index contributed by atoms with van der Waals surface area (Å²) in [5.74, 6) is 0.105. The molecule has 2 N–H and O–H groups in total. The number of nitrogens with zero attached hydrogens (tertiary/aromatic N) is 8. The first-order chi connectivity index (χ1) is 29.4. The van der Waals surface area contributed by atoms with Crippen LogP contribution in [0.3, 0.4) is 0 Å². The van der Waals surface area contributed by atoms with Gasteiger partial charge in [-0.05, 0) is 109 Å². The lowest BCUT2D eigenvalue weighted by Gasteiger charge is -2.35. The third-order valence-electron chi connectivity index (χ3n) is 10.3. The first-order valence-corrected chi connectivity index (χ1v) is 19.5. The number of aliphatic hydroxyl groups excluding tert-OH is 1. The molecule has 0 saturated heterocycles. The molecule has 0 unspecified atom stereocenters. The second-order valence-electron chi connectivity index (χ2n) is 15.0. The van der Waals surface area contributed by atoms with Crippen molar-refractivity contribution in [2.45, 2.75) is 72.9 Å². The molecule has 2 aromatic heterocycles. The monoisotopic (exact) mass is 808 g/mol. The van der Waals surface area contributed by atoms with Crippen molar-refractivity contribution in [3.8, 4) is 35.8 Å². The topological polar surface area (TPSA) is 186 Å². The highest BCUT2D eigenvalue weighted by atomic mass is 16.7. The standard InChI is InChI=1S/C26H24N4O2.C23H20N4O2/c1-18-25-24(17-31-26(2,3)32-25)22(14-29-18)16-30(23-10-8-20(13-28)9-11-23)15-21-6-4-19(12-27)5-7-21;1-16-23(29)22(15-28)20(12-26-16)14-27(21-8-6-18(11-25)7-9-21)13-19-4-2-17(10-24)3-5-19/h4-11,14H,15-17H2,1-3H3;2-9,12,28-29H,13-15H2,1H3. The molecule has 61 heavy (non-hydrogen) atoms. The summed E-state index contributed by atoms with van der Waals surface area (Å²) in [5, 5.41) is 56.3. The van der Waals surface area contributed by atoms with E-state index in [0.717, 1.165) is 45.1 Å². The first kappa shape index (κ1) is 42.9. The number of fused-ring (bicyclic) bond motifs is 1. The van der Waals surface area contributed by atoms with E-state index >= 15 is 0 Å². The van der Waals surface area contributed by atoms with Gasteiger partial charge >= 0.3 is 0 Å². The molecule has 0 aliphatic carbocycles. The lowest BCUT2D eigenvalue weighted by atomic mass is 10.0. The largest absolute Gasteiger partial charge is 0.506 e. The summed E-state index contributed by atoms with van der Waals surface area (Å²) in [5.41, 5.74) is 10.9. The number of pyridine rings is 2. The van der Waals surface area contributed by atoms with Crippen LogP contribution in [0.5, 0.6) is 11.5 Å². The van der Waals surface area contributed by atoms with Crippen LogP contribution in [-0.4, -0.2) is 26.0 Å². The Labute approximate surface area is 356 Å². The van der Waals surface area contributed by atoms with Crippen molar-refractivity contribution >= 4 is 11.4 Å². The van der Waals surface area contributed by atoms with Crippen LogP contribution in [0.25, 0.3) is 0 Å². The zero-order valence-electron chi connectivity index (χ0n) is 34.4. The maximum atomic E-state index is 10.3. The van der Waals surface area contributed by atoms with Gasteiger partial charge in [0.25, 0.3) is 0 Å². The Morgan fingerprint density at radius 1 is 0.607 bits per heavy atom. The van der Waals surface area contributed by atoms with Crippen LogP contribution in [0.2, 0.25) is 0 Å². The van der Waals surface area contributed by atoms with E-state index in [9.17, 15) is 10.2 Å². The Hall–Kier alpha value is -7.74. The zero-order valence-corrected chi connectivity index (χ0v) is 34.4. The fourth-order valence-corrected chi connectivity index (χ4v) is 6.82. The SMILES string of the molecule is Cc1ncc(CN(Cc2ccc(C#N)cc2)c2ccc(C#N)cc2)c(CO)c1O.Cc1ncc(CN(Cc2ccc(C#N)cc2)c2ccc(C#N)cc2)c2c1OC(C)(C)OC2. The number of ether oxygens (including phenoxy) is 2. The number of aromatic nitrogens is 2. The van der Waals surface area contributed by atoms with Crippen molar-refractivity contribution in [1.29, 1.82) is 21.0 Å². The lowest BCUT2D eigenvalue weighted by molar-refractivity contribution is -0.180. The average molecular weight is 809 g/mol. The molecule has 6 aromatic rings. The van der Waals surface area contributed by atoms with E-state index in [4.69, 9.17) is 30.5 Å². The van der Waals surface area contributed by atoms with Gasteiger partial charge in [0.1, 0.15) is 11.5 Å². The van der Waals surface area contributed by atoms with Crippen molar-refractivity contribution in [3.05, 3.63) is 176 Å². The maximum Gasteiger partial charge on any atom is 0.205 e. The Kier molecular flexibility index (Phi) is 13.6. The van der Waals surface area contributed by atoms with Crippen LogP contribution < -0.4 is 14.5 Å². The van der Waals surface area contributed by atoms with Gasteiger partial charge in [-0.25, -0.2) is 0 Å². The van der Waals surface area contributed by atoms with Gasteiger partial charge in [-0.2, -0.15) is 21.0 Å². The first-order valence-electron chi connectivity index (χ1n) is 19.5. The second kappa shape index (κ2) is 19.3. The molecule has 1 aliphatic heterocycles. The molecule has 0 saturated carbocycles. The highest BCUT2D eigenvalue weighted by Gasteiger charge is 2.31. The molecule has 1 aliphatic rings. The highest BCUT2D eigenvalue weighted by Crippen LogP contribution is 2.36. The van der Waals surface area contributed by atoms with E-state index in [-0.39, 0.29) is 12.4 Å². The number of benzene rings is 4. The minimum atomic E-state index is -0.687. The van der Waals surface area contributed by atoms with Crippen molar-refractivity contribution in [2.75, 3.05) is 9.80 Å². The Bertz CT molecular complexity index is 2650. The van der Waals surface area contributed by atoms with Crippen molar-refractivity contribution in [3.63, 3.8) is 0 Å². The fraction of sp³-hybridized carbons (Fsp3) is 0.224. The van der Waals surface area contributed by atoms with Crippen LogP contribution in [0.1, 0.15) is 80.9 Å². The van der Waals surface area contributed by atoms with Gasteiger partial charge in [0.05, 0.1) is 71.1 Å². The molecule has 7 rings (SSSR count). The van der Waals surface area contributed by atoms with E-state index in [1.807, 2.05) is 99.8 Å². The second-order valence-corrected chi connectivity index (χ2v) is 15.0. The summed E-state index contributed by atoms with van der Waals surface area (Å²) in [7, 11) is 0. The van der Waals surface area contributed by atoms with Gasteiger partial charge in [-0.3, -0.25) is 9.97 Å². The Morgan fingerprint density at radius 3 is 1.46 bits per heavy atom. The summed E-state index contributed by atoms with van der Waals surface area (Å²) in [6.07, 6.45) is 3.55. The number of rotatable bonds is 11. The molecular weight excluding hydrogens is 765 g/mol. The molecule has 304 valence electrons.